The van der Waals surface area contributed by atoms with Gasteiger partial charge in [0.15, 0.2) is 5.76 Å². The molecule has 2 aromatic rings. The summed E-state index contributed by atoms with van der Waals surface area (Å²) in [6.45, 7) is 2.46. The smallest absolute Gasteiger partial charge is 0.223 e. The zero-order valence-electron chi connectivity index (χ0n) is 11.6. The molecule has 1 N–H and O–H groups in total. The molecule has 1 aliphatic rings. The van der Waals surface area contributed by atoms with Crippen molar-refractivity contribution in [2.24, 2.45) is 5.92 Å². The molecular formula is C16H18N2O2. The number of aryl methyl sites for hydroxylation is 1. The van der Waals surface area contributed by atoms with Crippen LogP contribution in [0.1, 0.15) is 30.6 Å². The van der Waals surface area contributed by atoms with Crippen LogP contribution in [0.15, 0.2) is 34.9 Å². The summed E-state index contributed by atoms with van der Waals surface area (Å²) in [5.74, 6) is 1.02. The summed E-state index contributed by atoms with van der Waals surface area (Å²) in [6, 6.07) is 10.0. The Labute approximate surface area is 118 Å². The summed E-state index contributed by atoms with van der Waals surface area (Å²) in [5.41, 5.74) is 3.04. The van der Waals surface area contributed by atoms with E-state index >= 15 is 0 Å². The van der Waals surface area contributed by atoms with Gasteiger partial charge in [-0.3, -0.25) is 4.79 Å². The fraction of sp³-hybridized carbons (Fsp3) is 0.375. The third kappa shape index (κ3) is 2.74. The summed E-state index contributed by atoms with van der Waals surface area (Å²) in [5, 5.41) is 6.95. The minimum absolute atomic E-state index is 0.129. The van der Waals surface area contributed by atoms with Crippen LogP contribution in [-0.2, 0) is 11.3 Å². The van der Waals surface area contributed by atoms with Crippen LogP contribution in [0.3, 0.4) is 0 Å². The number of rotatable bonds is 4. The zero-order valence-corrected chi connectivity index (χ0v) is 11.6. The fourth-order valence-corrected chi connectivity index (χ4v) is 2.25. The van der Waals surface area contributed by atoms with E-state index in [4.69, 9.17) is 4.52 Å². The molecule has 1 aromatic heterocycles. The fourth-order valence-electron chi connectivity index (χ4n) is 2.25. The van der Waals surface area contributed by atoms with Crippen LogP contribution >= 0.6 is 0 Å². The second kappa shape index (κ2) is 5.49. The van der Waals surface area contributed by atoms with Crippen LogP contribution in [-0.4, -0.2) is 11.1 Å². The van der Waals surface area contributed by atoms with Crippen molar-refractivity contribution in [3.63, 3.8) is 0 Å². The highest BCUT2D eigenvalue weighted by atomic mass is 16.5. The molecule has 0 atom stereocenters. The first-order valence-electron chi connectivity index (χ1n) is 7.03. The van der Waals surface area contributed by atoms with Gasteiger partial charge in [0.2, 0.25) is 5.91 Å². The predicted octanol–water partition coefficient (Wildman–Crippen LogP) is 3.07. The molecule has 0 bridgehead atoms. The van der Waals surface area contributed by atoms with Crippen LogP contribution in [0.4, 0.5) is 0 Å². The Hall–Kier alpha value is -2.10. The average molecular weight is 270 g/mol. The topological polar surface area (TPSA) is 55.1 Å². The maximum Gasteiger partial charge on any atom is 0.223 e. The van der Waals surface area contributed by atoms with Gasteiger partial charge in [-0.25, -0.2) is 0 Å². The van der Waals surface area contributed by atoms with Gasteiger partial charge in [-0.1, -0.05) is 41.4 Å². The number of aromatic nitrogens is 1. The number of nitrogens with one attached hydrogen (secondary N) is 1. The minimum Gasteiger partial charge on any atom is -0.359 e. The maximum absolute atomic E-state index is 11.7. The lowest BCUT2D eigenvalue weighted by Gasteiger charge is -2.23. The van der Waals surface area contributed by atoms with Crippen LogP contribution in [0, 0.1) is 12.8 Å². The molecule has 1 heterocycles. The van der Waals surface area contributed by atoms with Crippen molar-refractivity contribution in [1.29, 1.82) is 0 Å². The van der Waals surface area contributed by atoms with Crippen LogP contribution in [0.25, 0.3) is 11.3 Å². The summed E-state index contributed by atoms with van der Waals surface area (Å²) in [4.78, 5) is 11.7. The molecule has 20 heavy (non-hydrogen) atoms. The van der Waals surface area contributed by atoms with Crippen molar-refractivity contribution < 1.29 is 9.32 Å². The lowest BCUT2D eigenvalue weighted by Crippen LogP contribution is -2.33. The molecule has 0 radical (unpaired) electrons. The third-order valence-corrected chi connectivity index (χ3v) is 3.82. The Bertz CT molecular complexity index is 597. The van der Waals surface area contributed by atoms with E-state index in [0.717, 1.165) is 30.5 Å². The normalized spacial score (nSPS) is 14.8. The van der Waals surface area contributed by atoms with Gasteiger partial charge in [0.05, 0.1) is 6.54 Å². The first-order chi connectivity index (χ1) is 9.72. The van der Waals surface area contributed by atoms with Gasteiger partial charge in [-0.2, -0.15) is 0 Å². The number of carbonyl (C=O) groups is 1. The molecule has 4 nitrogen and oxygen atoms in total. The van der Waals surface area contributed by atoms with Gasteiger partial charge in [0.1, 0.15) is 5.69 Å². The first-order valence-corrected chi connectivity index (χ1v) is 7.03. The molecule has 1 saturated carbocycles. The highest BCUT2D eigenvalue weighted by Crippen LogP contribution is 2.26. The van der Waals surface area contributed by atoms with Gasteiger partial charge in [0, 0.05) is 17.5 Å². The van der Waals surface area contributed by atoms with E-state index in [2.05, 4.69) is 10.5 Å². The van der Waals surface area contributed by atoms with Gasteiger partial charge >= 0.3 is 0 Å². The zero-order chi connectivity index (χ0) is 13.9. The Morgan fingerprint density at radius 2 is 2.10 bits per heavy atom. The molecule has 1 fully saturated rings. The largest absolute Gasteiger partial charge is 0.359 e. The number of amides is 1. The van der Waals surface area contributed by atoms with E-state index in [1.807, 2.05) is 37.3 Å². The quantitative estimate of drug-likeness (QED) is 0.929. The second-order valence-corrected chi connectivity index (χ2v) is 5.39. The Morgan fingerprint density at radius 3 is 2.75 bits per heavy atom. The van der Waals surface area contributed by atoms with Gasteiger partial charge in [0.25, 0.3) is 0 Å². The molecular weight excluding hydrogens is 252 g/mol. The Kier molecular flexibility index (Phi) is 3.54. The van der Waals surface area contributed by atoms with Crippen molar-refractivity contribution in [3.8, 4) is 11.3 Å². The van der Waals surface area contributed by atoms with E-state index in [1.54, 1.807) is 0 Å². The Balaban J connectivity index is 1.61. The summed E-state index contributed by atoms with van der Waals surface area (Å²) in [6.07, 6.45) is 3.19. The van der Waals surface area contributed by atoms with Gasteiger partial charge in [-0.05, 0) is 19.8 Å². The van der Waals surface area contributed by atoms with E-state index < -0.39 is 0 Å². The monoisotopic (exact) mass is 270 g/mol. The number of benzene rings is 1. The standard InChI is InChI=1S/C16H18N2O2/c1-11-5-7-12(8-6-11)15-9-14(20-18-15)10-17-16(19)13-3-2-4-13/h5-9,13H,2-4,10H2,1H3,(H,17,19). The molecule has 1 amide bonds. The number of hydrogen-bond acceptors (Lipinski definition) is 3. The maximum atomic E-state index is 11.7. The van der Waals surface area contributed by atoms with Crippen molar-refractivity contribution in [1.82, 2.24) is 10.5 Å². The van der Waals surface area contributed by atoms with Crippen LogP contribution in [0.2, 0.25) is 0 Å². The van der Waals surface area contributed by atoms with Crippen LogP contribution < -0.4 is 5.32 Å². The number of carbonyl (C=O) groups excluding carboxylic acids is 1. The lowest BCUT2D eigenvalue weighted by molar-refractivity contribution is -0.127. The first kappa shape index (κ1) is 12.9. The molecule has 1 aliphatic carbocycles. The number of hydrogen-bond donors (Lipinski definition) is 1. The van der Waals surface area contributed by atoms with Crippen molar-refractivity contribution in [2.45, 2.75) is 32.7 Å². The van der Waals surface area contributed by atoms with Crippen LogP contribution in [0.5, 0.6) is 0 Å². The summed E-state index contributed by atoms with van der Waals surface area (Å²) < 4.78 is 5.27. The molecule has 4 heteroatoms. The predicted molar refractivity (Wildman–Crippen MR) is 75.9 cm³/mol. The average Bonchev–Trinajstić information content (AvgIpc) is 2.84. The molecule has 3 rings (SSSR count). The molecule has 0 unspecified atom stereocenters. The highest BCUT2D eigenvalue weighted by Gasteiger charge is 2.25. The molecule has 0 spiro atoms. The molecule has 1 aromatic carbocycles. The summed E-state index contributed by atoms with van der Waals surface area (Å²) >= 11 is 0. The van der Waals surface area contributed by atoms with E-state index in [0.29, 0.717) is 12.3 Å². The lowest BCUT2D eigenvalue weighted by atomic mass is 9.85. The van der Waals surface area contributed by atoms with E-state index in [-0.39, 0.29) is 11.8 Å². The SMILES string of the molecule is Cc1ccc(-c2cc(CNC(=O)C3CCC3)on2)cc1. The second-order valence-electron chi connectivity index (χ2n) is 5.39. The Morgan fingerprint density at radius 1 is 1.35 bits per heavy atom. The molecule has 104 valence electrons. The summed E-state index contributed by atoms with van der Waals surface area (Å²) in [7, 11) is 0. The number of nitrogens with zero attached hydrogens (tertiary/aromatic N) is 1. The minimum atomic E-state index is 0.129. The van der Waals surface area contributed by atoms with Gasteiger partial charge in [-0.15, -0.1) is 0 Å². The molecule has 0 saturated heterocycles. The van der Waals surface area contributed by atoms with E-state index in [9.17, 15) is 4.79 Å². The highest BCUT2D eigenvalue weighted by molar-refractivity contribution is 5.79. The third-order valence-electron chi connectivity index (χ3n) is 3.82. The molecule has 0 aliphatic heterocycles. The van der Waals surface area contributed by atoms with Crippen molar-refractivity contribution >= 4 is 5.91 Å². The van der Waals surface area contributed by atoms with Crippen molar-refractivity contribution in [3.05, 3.63) is 41.7 Å². The van der Waals surface area contributed by atoms with Gasteiger partial charge < -0.3 is 9.84 Å². The van der Waals surface area contributed by atoms with Crippen molar-refractivity contribution in [2.75, 3.05) is 0 Å². The van der Waals surface area contributed by atoms with E-state index in [1.165, 1.54) is 5.56 Å².